The van der Waals surface area contributed by atoms with E-state index in [2.05, 4.69) is 0 Å². The summed E-state index contributed by atoms with van der Waals surface area (Å²) in [5.41, 5.74) is 3.34. The van der Waals surface area contributed by atoms with E-state index >= 15 is 0 Å². The van der Waals surface area contributed by atoms with Crippen LogP contribution in [-0.2, 0) is 9.53 Å². The average molecular weight is 431 g/mol. The highest BCUT2D eigenvalue weighted by atomic mass is 16.5. The zero-order chi connectivity index (χ0) is 22.8. The Morgan fingerprint density at radius 3 is 2.28 bits per heavy atom. The minimum Gasteiger partial charge on any atom is -0.493 e. The summed E-state index contributed by atoms with van der Waals surface area (Å²) < 4.78 is 16.1. The van der Waals surface area contributed by atoms with Crippen LogP contribution in [0.15, 0.2) is 78.9 Å². The smallest absolute Gasteiger partial charge is 0.331 e. The van der Waals surface area contributed by atoms with Gasteiger partial charge in [0.1, 0.15) is 0 Å². The summed E-state index contributed by atoms with van der Waals surface area (Å²) in [6.07, 6.45) is 3.78. The quantitative estimate of drug-likeness (QED) is 0.238. The minimum atomic E-state index is -0.593. The number of benzene rings is 3. The first-order valence-electron chi connectivity index (χ1n) is 10.4. The van der Waals surface area contributed by atoms with Gasteiger partial charge in [0, 0.05) is 11.6 Å². The number of ether oxygens (including phenoxy) is 3. The van der Waals surface area contributed by atoms with Crippen molar-refractivity contribution in [2.24, 2.45) is 0 Å². The average Bonchev–Trinajstić information content (AvgIpc) is 2.85. The van der Waals surface area contributed by atoms with Crippen molar-refractivity contribution in [3.05, 3.63) is 90.0 Å². The Kier molecular flexibility index (Phi) is 8.21. The molecule has 3 aromatic carbocycles. The molecule has 0 aromatic heterocycles. The van der Waals surface area contributed by atoms with Gasteiger partial charge in [0.05, 0.1) is 13.7 Å². The second kappa shape index (κ2) is 11.5. The molecule has 0 bridgehead atoms. The molecule has 0 aliphatic heterocycles. The van der Waals surface area contributed by atoms with Crippen LogP contribution in [0.3, 0.4) is 0 Å². The number of ketones is 1. The summed E-state index contributed by atoms with van der Waals surface area (Å²) in [6, 6.07) is 22.5. The molecule has 0 aliphatic rings. The lowest BCUT2D eigenvalue weighted by Gasteiger charge is -2.10. The first kappa shape index (κ1) is 22.8. The van der Waals surface area contributed by atoms with Crippen molar-refractivity contribution in [3.63, 3.8) is 0 Å². The lowest BCUT2D eigenvalue weighted by molar-refractivity contribution is -0.136. The zero-order valence-corrected chi connectivity index (χ0v) is 18.2. The maximum atomic E-state index is 12.3. The number of hydrogen-bond donors (Lipinski definition) is 0. The third-order valence-corrected chi connectivity index (χ3v) is 4.72. The van der Waals surface area contributed by atoms with E-state index in [1.165, 1.54) is 6.08 Å². The number of Topliss-reactive ketones (excluding diaryl/α,β-unsaturated/α-hetero) is 1. The number of carbonyl (C=O) groups is 2. The molecule has 0 N–H and O–H groups in total. The molecular weight excluding hydrogens is 404 g/mol. The van der Waals surface area contributed by atoms with Crippen LogP contribution in [0.2, 0.25) is 0 Å². The van der Waals surface area contributed by atoms with Crippen molar-refractivity contribution >= 4 is 17.8 Å². The van der Waals surface area contributed by atoms with Crippen molar-refractivity contribution < 1.29 is 23.8 Å². The summed E-state index contributed by atoms with van der Waals surface area (Å²) in [4.78, 5) is 24.4. The number of carbonyl (C=O) groups excluding carboxylic acids is 2. The molecule has 164 valence electrons. The maximum Gasteiger partial charge on any atom is 0.331 e. The Morgan fingerprint density at radius 1 is 0.875 bits per heavy atom. The van der Waals surface area contributed by atoms with E-state index in [4.69, 9.17) is 14.2 Å². The molecular formula is C27H26O5. The molecule has 0 aliphatic carbocycles. The van der Waals surface area contributed by atoms with Crippen LogP contribution in [0, 0.1) is 0 Å². The Balaban J connectivity index is 1.54. The van der Waals surface area contributed by atoms with Gasteiger partial charge in [-0.05, 0) is 41.3 Å². The molecule has 5 nitrogen and oxygen atoms in total. The largest absolute Gasteiger partial charge is 0.493 e. The lowest BCUT2D eigenvalue weighted by atomic mass is 10.0. The standard InChI is InChI=1S/C27H26O5/c1-3-17-31-25-15-9-20(18-26(25)30-2)10-16-27(29)32-19-24(28)23-13-11-22(12-14-23)21-7-5-4-6-8-21/h4-16,18H,3,17,19H2,1-2H3/b16-10+. The summed E-state index contributed by atoms with van der Waals surface area (Å²) in [6.45, 7) is 2.31. The molecule has 0 radical (unpaired) electrons. The van der Waals surface area contributed by atoms with E-state index in [0.717, 1.165) is 23.1 Å². The van der Waals surface area contributed by atoms with Crippen molar-refractivity contribution in [1.29, 1.82) is 0 Å². The van der Waals surface area contributed by atoms with Crippen molar-refractivity contribution in [1.82, 2.24) is 0 Å². The van der Waals surface area contributed by atoms with Gasteiger partial charge >= 0.3 is 5.97 Å². The van der Waals surface area contributed by atoms with Gasteiger partial charge in [0.2, 0.25) is 0 Å². The molecule has 0 unspecified atom stereocenters. The normalized spacial score (nSPS) is 10.7. The van der Waals surface area contributed by atoms with Gasteiger partial charge in [-0.3, -0.25) is 4.79 Å². The molecule has 0 saturated heterocycles. The lowest BCUT2D eigenvalue weighted by Crippen LogP contribution is -2.12. The summed E-state index contributed by atoms with van der Waals surface area (Å²) >= 11 is 0. The predicted octanol–water partition coefficient (Wildman–Crippen LogP) is 5.59. The Hall–Kier alpha value is -3.86. The molecule has 32 heavy (non-hydrogen) atoms. The van der Waals surface area contributed by atoms with Crippen LogP contribution in [0.25, 0.3) is 17.2 Å². The summed E-state index contributed by atoms with van der Waals surface area (Å²) in [5.74, 6) is 0.385. The highest BCUT2D eigenvalue weighted by molar-refractivity contribution is 5.99. The Morgan fingerprint density at radius 2 is 1.59 bits per heavy atom. The fourth-order valence-electron chi connectivity index (χ4n) is 3.03. The van der Waals surface area contributed by atoms with E-state index in [0.29, 0.717) is 23.7 Å². The van der Waals surface area contributed by atoms with Gasteiger partial charge < -0.3 is 14.2 Å². The zero-order valence-electron chi connectivity index (χ0n) is 18.2. The molecule has 0 fully saturated rings. The number of rotatable bonds is 10. The Labute approximate surface area is 188 Å². The van der Waals surface area contributed by atoms with E-state index in [1.807, 2.05) is 55.5 Å². The topological polar surface area (TPSA) is 61.8 Å². The molecule has 0 amide bonds. The number of methoxy groups -OCH3 is 1. The highest BCUT2D eigenvalue weighted by Crippen LogP contribution is 2.28. The van der Waals surface area contributed by atoms with Crippen LogP contribution in [0.1, 0.15) is 29.3 Å². The van der Waals surface area contributed by atoms with Gasteiger partial charge in [-0.15, -0.1) is 0 Å². The van der Waals surface area contributed by atoms with E-state index in [1.54, 1.807) is 37.5 Å². The fraction of sp³-hybridized carbons (Fsp3) is 0.185. The predicted molar refractivity (Wildman–Crippen MR) is 125 cm³/mol. The third kappa shape index (κ3) is 6.32. The monoisotopic (exact) mass is 430 g/mol. The van der Waals surface area contributed by atoms with Crippen LogP contribution >= 0.6 is 0 Å². The van der Waals surface area contributed by atoms with Crippen LogP contribution in [0.4, 0.5) is 0 Å². The third-order valence-electron chi connectivity index (χ3n) is 4.72. The fourth-order valence-corrected chi connectivity index (χ4v) is 3.03. The maximum absolute atomic E-state index is 12.3. The SMILES string of the molecule is CCCOc1ccc(/C=C/C(=O)OCC(=O)c2ccc(-c3ccccc3)cc2)cc1OC. The molecule has 3 aromatic rings. The molecule has 0 atom stereocenters. The van der Waals surface area contributed by atoms with Crippen LogP contribution in [-0.4, -0.2) is 32.1 Å². The van der Waals surface area contributed by atoms with Crippen LogP contribution < -0.4 is 9.47 Å². The van der Waals surface area contributed by atoms with Gasteiger partial charge in [-0.25, -0.2) is 4.79 Å². The molecule has 0 saturated carbocycles. The van der Waals surface area contributed by atoms with E-state index in [-0.39, 0.29) is 12.4 Å². The molecule has 3 rings (SSSR count). The number of hydrogen-bond acceptors (Lipinski definition) is 5. The first-order valence-corrected chi connectivity index (χ1v) is 10.4. The molecule has 0 heterocycles. The van der Waals surface area contributed by atoms with Crippen molar-refractivity contribution in [3.8, 4) is 22.6 Å². The van der Waals surface area contributed by atoms with Crippen molar-refractivity contribution in [2.75, 3.05) is 20.3 Å². The summed E-state index contributed by atoms with van der Waals surface area (Å²) in [7, 11) is 1.56. The molecule has 0 spiro atoms. The second-order valence-electron chi connectivity index (χ2n) is 7.07. The van der Waals surface area contributed by atoms with Crippen LogP contribution in [0.5, 0.6) is 11.5 Å². The van der Waals surface area contributed by atoms with Gasteiger partial charge in [-0.1, -0.05) is 67.6 Å². The van der Waals surface area contributed by atoms with Gasteiger partial charge in [0.25, 0.3) is 0 Å². The molecule has 5 heteroatoms. The summed E-state index contributed by atoms with van der Waals surface area (Å²) in [5, 5.41) is 0. The van der Waals surface area contributed by atoms with E-state index < -0.39 is 5.97 Å². The van der Waals surface area contributed by atoms with E-state index in [9.17, 15) is 9.59 Å². The number of esters is 1. The Bertz CT molecular complexity index is 1070. The minimum absolute atomic E-state index is 0.259. The van der Waals surface area contributed by atoms with Gasteiger partial charge in [0.15, 0.2) is 23.9 Å². The second-order valence-corrected chi connectivity index (χ2v) is 7.07. The first-order chi connectivity index (χ1) is 15.6. The van der Waals surface area contributed by atoms with Gasteiger partial charge in [-0.2, -0.15) is 0 Å². The highest BCUT2D eigenvalue weighted by Gasteiger charge is 2.09. The van der Waals surface area contributed by atoms with Crippen molar-refractivity contribution in [2.45, 2.75) is 13.3 Å².